The van der Waals surface area contributed by atoms with Gasteiger partial charge in [-0.1, -0.05) is 52.0 Å². The Hall–Kier alpha value is -2.88. The molecular formula is C22H26N2O2. The third-order valence-electron chi connectivity index (χ3n) is 3.97. The van der Waals surface area contributed by atoms with Crippen LogP contribution < -0.4 is 10.6 Å². The van der Waals surface area contributed by atoms with Gasteiger partial charge in [-0.3, -0.25) is 9.59 Å². The van der Waals surface area contributed by atoms with Crippen LogP contribution in [0.2, 0.25) is 0 Å². The number of nitrogens with one attached hydrogen (secondary N) is 2. The van der Waals surface area contributed by atoms with Gasteiger partial charge < -0.3 is 10.6 Å². The van der Waals surface area contributed by atoms with Gasteiger partial charge in [-0.25, -0.2) is 0 Å². The van der Waals surface area contributed by atoms with Gasteiger partial charge in [0.05, 0.1) is 0 Å². The van der Waals surface area contributed by atoms with Crippen LogP contribution in [-0.2, 0) is 9.59 Å². The molecule has 136 valence electrons. The molecule has 4 heteroatoms. The quantitative estimate of drug-likeness (QED) is 0.716. The van der Waals surface area contributed by atoms with Gasteiger partial charge in [0.25, 0.3) is 0 Å². The van der Waals surface area contributed by atoms with Crippen LogP contribution in [0.25, 0.3) is 6.08 Å². The van der Waals surface area contributed by atoms with E-state index in [4.69, 9.17) is 0 Å². The van der Waals surface area contributed by atoms with Crippen LogP contribution in [0.5, 0.6) is 0 Å². The molecule has 2 aromatic rings. The second kappa shape index (κ2) is 8.99. The highest BCUT2D eigenvalue weighted by atomic mass is 16.2. The molecule has 0 bridgehead atoms. The molecule has 0 heterocycles. The third-order valence-corrected chi connectivity index (χ3v) is 3.97. The van der Waals surface area contributed by atoms with E-state index in [1.807, 2.05) is 26.0 Å². The fraction of sp³-hybridized carbons (Fsp3) is 0.273. The monoisotopic (exact) mass is 350 g/mol. The molecule has 2 rings (SSSR count). The maximum absolute atomic E-state index is 12.0. The first-order valence-corrected chi connectivity index (χ1v) is 8.85. The first kappa shape index (κ1) is 19.4. The number of hydrogen-bond acceptors (Lipinski definition) is 2. The summed E-state index contributed by atoms with van der Waals surface area (Å²) in [5, 5.41) is 5.62. The van der Waals surface area contributed by atoms with Crippen LogP contribution >= 0.6 is 0 Å². The highest BCUT2D eigenvalue weighted by molar-refractivity contribution is 6.02. The summed E-state index contributed by atoms with van der Waals surface area (Å²) in [6, 6.07) is 15.2. The van der Waals surface area contributed by atoms with Gasteiger partial charge in [0.2, 0.25) is 11.8 Å². The Kier molecular flexibility index (Phi) is 6.73. The molecule has 2 N–H and O–H groups in total. The van der Waals surface area contributed by atoms with Crippen molar-refractivity contribution in [1.29, 1.82) is 0 Å². The van der Waals surface area contributed by atoms with E-state index in [1.54, 1.807) is 30.3 Å². The molecule has 0 spiro atoms. The second-order valence-corrected chi connectivity index (χ2v) is 6.87. The van der Waals surface area contributed by atoms with Gasteiger partial charge in [-0.15, -0.1) is 0 Å². The number of rotatable bonds is 6. The Labute approximate surface area is 155 Å². The molecule has 0 unspecified atom stereocenters. The minimum Gasteiger partial charge on any atom is -0.326 e. The van der Waals surface area contributed by atoms with Crippen molar-refractivity contribution in [3.63, 3.8) is 0 Å². The number of hydrogen-bond donors (Lipinski definition) is 2. The van der Waals surface area contributed by atoms with Gasteiger partial charge in [0, 0.05) is 23.4 Å². The van der Waals surface area contributed by atoms with E-state index in [-0.39, 0.29) is 17.7 Å². The number of benzene rings is 2. The lowest BCUT2D eigenvalue weighted by Gasteiger charge is -2.08. The topological polar surface area (TPSA) is 58.2 Å². The molecule has 0 saturated heterocycles. The fourth-order valence-corrected chi connectivity index (χ4v) is 2.27. The molecule has 0 aliphatic rings. The van der Waals surface area contributed by atoms with E-state index in [9.17, 15) is 9.59 Å². The molecule has 0 fully saturated rings. The summed E-state index contributed by atoms with van der Waals surface area (Å²) in [4.78, 5) is 23.7. The van der Waals surface area contributed by atoms with E-state index in [0.29, 0.717) is 17.3 Å². The Bertz CT molecular complexity index is 773. The summed E-state index contributed by atoms with van der Waals surface area (Å²) in [7, 11) is 0. The maximum Gasteiger partial charge on any atom is 0.248 e. The van der Waals surface area contributed by atoms with E-state index < -0.39 is 0 Å². The summed E-state index contributed by atoms with van der Waals surface area (Å²) >= 11 is 0. The molecule has 26 heavy (non-hydrogen) atoms. The average Bonchev–Trinajstić information content (AvgIpc) is 2.62. The summed E-state index contributed by atoms with van der Waals surface area (Å²) in [5.74, 6) is 0.184. The van der Waals surface area contributed by atoms with Gasteiger partial charge in [0.1, 0.15) is 0 Å². The molecular weight excluding hydrogens is 324 g/mol. The van der Waals surface area contributed by atoms with Crippen molar-refractivity contribution in [1.82, 2.24) is 0 Å². The SMILES string of the molecule is CC(C)C(=O)Nc1ccc(NC(=O)/C=C/c2ccc(C(C)C)cc2)cc1. The third kappa shape index (κ3) is 5.88. The van der Waals surface area contributed by atoms with Gasteiger partial charge in [-0.2, -0.15) is 0 Å². The Morgan fingerprint density at radius 3 is 1.85 bits per heavy atom. The van der Waals surface area contributed by atoms with E-state index in [2.05, 4.69) is 36.6 Å². The molecule has 0 atom stereocenters. The van der Waals surface area contributed by atoms with Crippen LogP contribution in [0.4, 0.5) is 11.4 Å². The van der Waals surface area contributed by atoms with E-state index in [1.165, 1.54) is 11.6 Å². The van der Waals surface area contributed by atoms with Crippen molar-refractivity contribution < 1.29 is 9.59 Å². The maximum atomic E-state index is 12.0. The van der Waals surface area contributed by atoms with Crippen LogP contribution in [0.3, 0.4) is 0 Å². The molecule has 0 aliphatic carbocycles. The highest BCUT2D eigenvalue weighted by Gasteiger charge is 2.07. The number of anilines is 2. The first-order chi connectivity index (χ1) is 12.3. The molecule has 2 aromatic carbocycles. The summed E-state index contributed by atoms with van der Waals surface area (Å²) in [5.41, 5.74) is 3.65. The van der Waals surface area contributed by atoms with Crippen molar-refractivity contribution in [3.05, 3.63) is 65.7 Å². The normalized spacial score (nSPS) is 11.2. The Morgan fingerprint density at radius 1 is 0.808 bits per heavy atom. The van der Waals surface area contributed by atoms with Crippen LogP contribution in [0, 0.1) is 5.92 Å². The summed E-state index contributed by atoms with van der Waals surface area (Å²) in [6.45, 7) is 7.98. The predicted molar refractivity (Wildman–Crippen MR) is 108 cm³/mol. The lowest BCUT2D eigenvalue weighted by Crippen LogP contribution is -2.17. The minimum absolute atomic E-state index is 0.0341. The largest absolute Gasteiger partial charge is 0.326 e. The molecule has 0 aliphatic heterocycles. The number of amides is 2. The van der Waals surface area contributed by atoms with Crippen molar-refractivity contribution in [3.8, 4) is 0 Å². The molecule has 0 saturated carbocycles. The summed E-state index contributed by atoms with van der Waals surface area (Å²) in [6.07, 6.45) is 3.30. The van der Waals surface area contributed by atoms with Crippen molar-refractivity contribution in [2.24, 2.45) is 5.92 Å². The van der Waals surface area contributed by atoms with Crippen LogP contribution in [0.1, 0.15) is 44.7 Å². The average molecular weight is 350 g/mol. The zero-order valence-electron chi connectivity index (χ0n) is 15.7. The van der Waals surface area contributed by atoms with Crippen LogP contribution in [0.15, 0.2) is 54.6 Å². The standard InChI is InChI=1S/C22H26N2O2/c1-15(2)18-8-5-17(6-9-18)7-14-21(25)23-19-10-12-20(13-11-19)24-22(26)16(3)4/h5-16H,1-4H3,(H,23,25)(H,24,26)/b14-7+. The second-order valence-electron chi connectivity index (χ2n) is 6.87. The predicted octanol–water partition coefficient (Wildman–Crippen LogP) is 5.06. The lowest BCUT2D eigenvalue weighted by atomic mass is 10.0. The van der Waals surface area contributed by atoms with Crippen molar-refractivity contribution in [2.75, 3.05) is 10.6 Å². The van der Waals surface area contributed by atoms with Crippen molar-refractivity contribution in [2.45, 2.75) is 33.6 Å². The van der Waals surface area contributed by atoms with Gasteiger partial charge >= 0.3 is 0 Å². The zero-order valence-corrected chi connectivity index (χ0v) is 15.7. The smallest absolute Gasteiger partial charge is 0.248 e. The zero-order chi connectivity index (χ0) is 19.1. The highest BCUT2D eigenvalue weighted by Crippen LogP contribution is 2.16. The van der Waals surface area contributed by atoms with Gasteiger partial charge in [0.15, 0.2) is 0 Å². The molecule has 0 aromatic heterocycles. The Balaban J connectivity index is 1.91. The Morgan fingerprint density at radius 2 is 1.35 bits per heavy atom. The number of carbonyl (C=O) groups excluding carboxylic acids is 2. The fourth-order valence-electron chi connectivity index (χ4n) is 2.27. The molecule has 4 nitrogen and oxygen atoms in total. The lowest BCUT2D eigenvalue weighted by molar-refractivity contribution is -0.119. The summed E-state index contributed by atoms with van der Waals surface area (Å²) < 4.78 is 0. The van der Waals surface area contributed by atoms with Crippen LogP contribution in [-0.4, -0.2) is 11.8 Å². The molecule has 0 radical (unpaired) electrons. The minimum atomic E-state index is -0.197. The van der Waals surface area contributed by atoms with Crippen molar-refractivity contribution >= 4 is 29.3 Å². The van der Waals surface area contributed by atoms with E-state index >= 15 is 0 Å². The van der Waals surface area contributed by atoms with Gasteiger partial charge in [-0.05, 0) is 47.4 Å². The first-order valence-electron chi connectivity index (χ1n) is 8.85. The molecule has 2 amide bonds. The van der Waals surface area contributed by atoms with E-state index in [0.717, 1.165) is 5.56 Å². The number of carbonyl (C=O) groups is 2.